The maximum atomic E-state index is 12.1. The van der Waals surface area contributed by atoms with Gasteiger partial charge in [-0.15, -0.1) is 0 Å². The average molecular weight is 567 g/mol. The van der Waals surface area contributed by atoms with Gasteiger partial charge in [0, 0.05) is 34.3 Å². The van der Waals surface area contributed by atoms with Crippen molar-refractivity contribution in [3.63, 3.8) is 0 Å². The van der Waals surface area contributed by atoms with E-state index >= 15 is 0 Å². The van der Waals surface area contributed by atoms with Crippen molar-refractivity contribution in [3.05, 3.63) is 0 Å². The van der Waals surface area contributed by atoms with Crippen LogP contribution in [0.5, 0.6) is 0 Å². The fourth-order valence-electron chi connectivity index (χ4n) is 4.21. The Bertz CT molecular complexity index is 834. The lowest BCUT2D eigenvalue weighted by atomic mass is 9.96. The third-order valence-corrected chi connectivity index (χ3v) is 5.86. The van der Waals surface area contributed by atoms with Crippen LogP contribution in [-0.4, -0.2) is 120 Å². The summed E-state index contributed by atoms with van der Waals surface area (Å²) in [6.45, 7) is 5.37. The summed E-state index contributed by atoms with van der Waals surface area (Å²) in [5.74, 6) is -3.00. The summed E-state index contributed by atoms with van der Waals surface area (Å²) in [4.78, 5) is 47.3. The Balaban J connectivity index is 2.49. The summed E-state index contributed by atoms with van der Waals surface area (Å²) in [7, 11) is 0. The van der Waals surface area contributed by atoms with Gasteiger partial charge in [-0.25, -0.2) is 0 Å². The number of rotatable bonds is 12. The third kappa shape index (κ3) is 9.34. The zero-order valence-electron chi connectivity index (χ0n) is 22.5. The van der Waals surface area contributed by atoms with Crippen LogP contribution in [0.1, 0.15) is 47.5 Å². The van der Waals surface area contributed by atoms with Crippen LogP contribution in [0.25, 0.3) is 0 Å². The van der Waals surface area contributed by atoms with Crippen molar-refractivity contribution in [2.75, 3.05) is 19.8 Å². The quantitative estimate of drug-likeness (QED) is 0.143. The molecule has 0 bridgehead atoms. The van der Waals surface area contributed by atoms with Gasteiger partial charge in [0.25, 0.3) is 0 Å². The first-order valence-corrected chi connectivity index (χ1v) is 12.6. The molecule has 15 nitrogen and oxygen atoms in total. The van der Waals surface area contributed by atoms with Gasteiger partial charge >= 0.3 is 23.9 Å². The maximum Gasteiger partial charge on any atom is 0.303 e. The van der Waals surface area contributed by atoms with Crippen molar-refractivity contribution >= 4 is 23.9 Å². The molecule has 3 N–H and O–H groups in total. The lowest BCUT2D eigenvalue weighted by Crippen LogP contribution is -2.66. The van der Waals surface area contributed by atoms with E-state index < -0.39 is 98.5 Å². The van der Waals surface area contributed by atoms with E-state index in [1.807, 2.05) is 6.92 Å². The molecule has 2 rings (SSSR count). The zero-order valence-corrected chi connectivity index (χ0v) is 22.5. The van der Waals surface area contributed by atoms with E-state index in [0.29, 0.717) is 6.42 Å². The first kappa shape index (κ1) is 32.8. The maximum absolute atomic E-state index is 12.1. The Hall–Kier alpha value is -2.40. The third-order valence-electron chi connectivity index (χ3n) is 5.86. The lowest BCUT2D eigenvalue weighted by Gasteiger charge is -2.47. The highest BCUT2D eigenvalue weighted by Gasteiger charge is 2.55. The number of aliphatic hydroxyl groups excluding tert-OH is 3. The van der Waals surface area contributed by atoms with Gasteiger partial charge in [-0.3, -0.25) is 19.2 Å². The topological polar surface area (TPSA) is 203 Å². The van der Waals surface area contributed by atoms with Crippen molar-refractivity contribution in [1.29, 1.82) is 0 Å². The Morgan fingerprint density at radius 1 is 0.744 bits per heavy atom. The standard InChI is InChI=1S/C24H38O15/c1-6-7-8-32-22-20(36-14(5)29)18(34-12(3)27)16(10-33-11(2)26)38-24(22)39-21-19(35-13(4)28)17(30)15(9-25)37-23(21)31/h15-25,30-31H,6-10H2,1-5H3/t15-,16+,17+,18+,19-,20-,21-,22-,23-,24+/m0/s1. The lowest BCUT2D eigenvalue weighted by molar-refractivity contribution is -0.366. The second-order valence-corrected chi connectivity index (χ2v) is 9.10. The van der Waals surface area contributed by atoms with Crippen LogP contribution >= 0.6 is 0 Å². The molecule has 0 saturated carbocycles. The molecule has 10 atom stereocenters. The Labute approximate surface area is 225 Å². The first-order chi connectivity index (χ1) is 18.4. The minimum Gasteiger partial charge on any atom is -0.463 e. The van der Waals surface area contributed by atoms with E-state index in [-0.39, 0.29) is 6.61 Å². The normalized spacial score (nSPS) is 34.6. The van der Waals surface area contributed by atoms with E-state index in [1.165, 1.54) is 0 Å². The van der Waals surface area contributed by atoms with Gasteiger partial charge in [0.1, 0.15) is 31.0 Å². The summed E-state index contributed by atoms with van der Waals surface area (Å²) in [5, 5.41) is 30.8. The van der Waals surface area contributed by atoms with E-state index in [0.717, 1.165) is 34.1 Å². The molecule has 0 radical (unpaired) electrons. The van der Waals surface area contributed by atoms with E-state index in [4.69, 9.17) is 37.9 Å². The predicted molar refractivity (Wildman–Crippen MR) is 125 cm³/mol. The molecule has 2 fully saturated rings. The zero-order chi connectivity index (χ0) is 29.3. The molecule has 0 unspecified atom stereocenters. The van der Waals surface area contributed by atoms with Gasteiger partial charge in [-0.1, -0.05) is 13.3 Å². The van der Waals surface area contributed by atoms with Crippen molar-refractivity contribution in [2.45, 2.75) is 109 Å². The number of carbonyl (C=O) groups is 4. The van der Waals surface area contributed by atoms with Crippen molar-refractivity contribution in [2.24, 2.45) is 0 Å². The Morgan fingerprint density at radius 2 is 1.33 bits per heavy atom. The van der Waals surface area contributed by atoms with Crippen molar-refractivity contribution in [3.8, 4) is 0 Å². The molecular formula is C24H38O15. The molecule has 0 aromatic heterocycles. The molecular weight excluding hydrogens is 528 g/mol. The second kappa shape index (κ2) is 15.4. The molecule has 0 aromatic carbocycles. The van der Waals surface area contributed by atoms with Gasteiger partial charge in [-0.05, 0) is 6.42 Å². The number of carbonyl (C=O) groups excluding carboxylic acids is 4. The number of aliphatic hydroxyl groups is 3. The predicted octanol–water partition coefficient (Wildman–Crippen LogP) is -1.29. The fourth-order valence-corrected chi connectivity index (χ4v) is 4.21. The summed E-state index contributed by atoms with van der Waals surface area (Å²) in [5.41, 5.74) is 0. The van der Waals surface area contributed by atoms with Crippen molar-refractivity contribution in [1.82, 2.24) is 0 Å². The van der Waals surface area contributed by atoms with Crippen LogP contribution in [0.15, 0.2) is 0 Å². The summed E-state index contributed by atoms with van der Waals surface area (Å²) in [6.07, 6.45) is -13.1. The van der Waals surface area contributed by atoms with Crippen molar-refractivity contribution < 1.29 is 72.4 Å². The molecule has 0 aliphatic carbocycles. The monoisotopic (exact) mass is 566 g/mol. The van der Waals surface area contributed by atoms with Gasteiger partial charge in [0.05, 0.1) is 6.61 Å². The second-order valence-electron chi connectivity index (χ2n) is 9.10. The molecule has 2 saturated heterocycles. The van der Waals surface area contributed by atoms with Gasteiger partial charge in [-0.2, -0.15) is 0 Å². The van der Waals surface area contributed by atoms with Crippen LogP contribution < -0.4 is 0 Å². The first-order valence-electron chi connectivity index (χ1n) is 12.6. The van der Waals surface area contributed by atoms with E-state index in [2.05, 4.69) is 0 Å². The van der Waals surface area contributed by atoms with Gasteiger partial charge in [0.15, 0.2) is 37.0 Å². The molecule has 0 aromatic rings. The summed E-state index contributed by atoms with van der Waals surface area (Å²) >= 11 is 0. The van der Waals surface area contributed by atoms with Gasteiger partial charge in [0.2, 0.25) is 0 Å². The molecule has 0 amide bonds. The van der Waals surface area contributed by atoms with Crippen LogP contribution in [0.2, 0.25) is 0 Å². The van der Waals surface area contributed by atoms with E-state index in [9.17, 15) is 34.5 Å². The number of unbranched alkanes of at least 4 members (excludes halogenated alkanes) is 1. The van der Waals surface area contributed by atoms with Crippen LogP contribution in [0.4, 0.5) is 0 Å². The number of esters is 4. The average Bonchev–Trinajstić information content (AvgIpc) is 2.84. The summed E-state index contributed by atoms with van der Waals surface area (Å²) < 4.78 is 44.2. The van der Waals surface area contributed by atoms with Gasteiger partial charge < -0.3 is 53.2 Å². The molecule has 2 heterocycles. The molecule has 15 heteroatoms. The van der Waals surface area contributed by atoms with Crippen LogP contribution in [0, 0.1) is 0 Å². The molecule has 2 aliphatic heterocycles. The molecule has 2 aliphatic rings. The fraction of sp³-hybridized carbons (Fsp3) is 0.833. The number of hydrogen-bond acceptors (Lipinski definition) is 15. The highest BCUT2D eigenvalue weighted by Crippen LogP contribution is 2.33. The van der Waals surface area contributed by atoms with Crippen LogP contribution in [0.3, 0.4) is 0 Å². The smallest absolute Gasteiger partial charge is 0.303 e. The highest BCUT2D eigenvalue weighted by molar-refractivity contribution is 5.68. The Morgan fingerprint density at radius 3 is 1.87 bits per heavy atom. The SMILES string of the molecule is CCCCO[C@@H]1[C@@H](O[C@H]2[C@@H](OC(C)=O)[C@H](O)[C@H](CO)O[C@@H]2O)O[C@H](COC(C)=O)[C@@H](OC(C)=O)[C@@H]1OC(C)=O. The molecule has 39 heavy (non-hydrogen) atoms. The summed E-state index contributed by atoms with van der Waals surface area (Å²) in [6, 6.07) is 0. The minimum absolute atomic E-state index is 0.135. The van der Waals surface area contributed by atoms with Crippen LogP contribution in [-0.2, 0) is 57.1 Å². The number of ether oxygens (including phenoxy) is 8. The number of hydrogen-bond donors (Lipinski definition) is 3. The minimum atomic E-state index is -1.82. The Kier molecular flexibility index (Phi) is 13.0. The molecule has 224 valence electrons. The molecule has 0 spiro atoms. The largest absolute Gasteiger partial charge is 0.463 e. The highest BCUT2D eigenvalue weighted by atomic mass is 16.8. The van der Waals surface area contributed by atoms with E-state index in [1.54, 1.807) is 0 Å².